The van der Waals surface area contributed by atoms with E-state index in [-0.39, 0.29) is 34.8 Å². The van der Waals surface area contributed by atoms with E-state index < -0.39 is 22.9 Å². The summed E-state index contributed by atoms with van der Waals surface area (Å²) in [5.74, 6) is -2.56. The zero-order chi connectivity index (χ0) is 20.3. The number of hydrogen-bond acceptors (Lipinski definition) is 5. The topological polar surface area (TPSA) is 91.7 Å². The van der Waals surface area contributed by atoms with Gasteiger partial charge in [0, 0.05) is 12.1 Å². The SMILES string of the molecule is CC(CNc1nc(F)c(Cl)c(Oc2ccc(O)c(C(C)C)c2)c1Cl)C(=O)O. The maximum absolute atomic E-state index is 14.1. The van der Waals surface area contributed by atoms with Crippen LogP contribution in [0.25, 0.3) is 0 Å². The number of benzene rings is 1. The van der Waals surface area contributed by atoms with E-state index >= 15 is 0 Å². The van der Waals surface area contributed by atoms with Crippen LogP contribution in [0.5, 0.6) is 17.2 Å². The van der Waals surface area contributed by atoms with E-state index in [0.717, 1.165) is 0 Å². The van der Waals surface area contributed by atoms with Gasteiger partial charge in [-0.2, -0.15) is 9.37 Å². The highest BCUT2D eigenvalue weighted by Crippen LogP contribution is 2.42. The van der Waals surface area contributed by atoms with Crippen LogP contribution in [0.15, 0.2) is 18.2 Å². The van der Waals surface area contributed by atoms with Crippen molar-refractivity contribution in [3.8, 4) is 17.2 Å². The molecule has 0 radical (unpaired) electrons. The number of aromatic nitrogens is 1. The molecule has 0 bridgehead atoms. The number of aliphatic carboxylic acids is 1. The van der Waals surface area contributed by atoms with Gasteiger partial charge in [-0.05, 0) is 24.1 Å². The Labute approximate surface area is 165 Å². The Hall–Kier alpha value is -2.25. The summed E-state index contributed by atoms with van der Waals surface area (Å²) in [4.78, 5) is 14.5. The molecule has 0 saturated carbocycles. The van der Waals surface area contributed by atoms with Crippen molar-refractivity contribution in [3.05, 3.63) is 39.8 Å². The van der Waals surface area contributed by atoms with Crippen molar-refractivity contribution in [2.24, 2.45) is 5.92 Å². The Balaban J connectivity index is 2.36. The van der Waals surface area contributed by atoms with Crippen molar-refractivity contribution in [2.75, 3.05) is 11.9 Å². The van der Waals surface area contributed by atoms with Gasteiger partial charge in [0.2, 0.25) is 5.95 Å². The van der Waals surface area contributed by atoms with Crippen LogP contribution in [0.2, 0.25) is 10.0 Å². The maximum atomic E-state index is 14.1. The van der Waals surface area contributed by atoms with Gasteiger partial charge in [-0.1, -0.05) is 44.0 Å². The lowest BCUT2D eigenvalue weighted by molar-refractivity contribution is -0.140. The molecule has 1 atom stereocenters. The van der Waals surface area contributed by atoms with Gasteiger partial charge in [0.1, 0.15) is 21.5 Å². The largest absolute Gasteiger partial charge is 0.508 e. The van der Waals surface area contributed by atoms with Gasteiger partial charge in [-0.15, -0.1) is 0 Å². The highest BCUT2D eigenvalue weighted by atomic mass is 35.5. The highest BCUT2D eigenvalue weighted by Gasteiger charge is 2.21. The fourth-order valence-electron chi connectivity index (χ4n) is 2.21. The smallest absolute Gasteiger partial charge is 0.308 e. The van der Waals surface area contributed by atoms with Gasteiger partial charge in [0.15, 0.2) is 11.6 Å². The first-order chi connectivity index (χ1) is 12.6. The molecule has 1 aromatic heterocycles. The molecule has 3 N–H and O–H groups in total. The van der Waals surface area contributed by atoms with Crippen LogP contribution in [0.4, 0.5) is 10.2 Å². The van der Waals surface area contributed by atoms with Crippen molar-refractivity contribution in [2.45, 2.75) is 26.7 Å². The second kappa shape index (κ2) is 8.63. The van der Waals surface area contributed by atoms with E-state index in [4.69, 9.17) is 33.0 Å². The molecule has 1 heterocycles. The Morgan fingerprint density at radius 1 is 1.30 bits per heavy atom. The number of anilines is 1. The fraction of sp³-hybridized carbons (Fsp3) is 0.333. The van der Waals surface area contributed by atoms with E-state index in [1.807, 2.05) is 13.8 Å². The molecular weight excluding hydrogens is 398 g/mol. The first-order valence-electron chi connectivity index (χ1n) is 8.13. The van der Waals surface area contributed by atoms with E-state index in [9.17, 15) is 14.3 Å². The third-order valence-electron chi connectivity index (χ3n) is 3.84. The molecule has 0 spiro atoms. The zero-order valence-electron chi connectivity index (χ0n) is 14.9. The Kier molecular flexibility index (Phi) is 6.73. The average Bonchev–Trinajstić information content (AvgIpc) is 2.61. The molecule has 1 unspecified atom stereocenters. The maximum Gasteiger partial charge on any atom is 0.308 e. The second-order valence-corrected chi connectivity index (χ2v) is 7.06. The molecule has 0 aliphatic carbocycles. The lowest BCUT2D eigenvalue weighted by Gasteiger charge is -2.16. The van der Waals surface area contributed by atoms with Crippen molar-refractivity contribution >= 4 is 35.0 Å². The molecule has 0 fully saturated rings. The number of pyridine rings is 1. The van der Waals surface area contributed by atoms with Gasteiger partial charge in [-0.25, -0.2) is 0 Å². The third-order valence-corrected chi connectivity index (χ3v) is 4.51. The standard InChI is InChI=1S/C18H19Cl2FN2O4/c1-8(2)11-6-10(4-5-12(11)24)27-15-13(19)16(21)23-17(14(15)20)22-7-9(3)18(25)26/h4-6,8-9,24H,7H2,1-3H3,(H,22,23)(H,25,26). The summed E-state index contributed by atoms with van der Waals surface area (Å²) in [7, 11) is 0. The minimum Gasteiger partial charge on any atom is -0.508 e. The molecule has 9 heteroatoms. The number of halogens is 3. The normalized spacial score (nSPS) is 12.1. The van der Waals surface area contributed by atoms with Crippen LogP contribution in [0.1, 0.15) is 32.3 Å². The second-order valence-electron chi connectivity index (χ2n) is 6.31. The summed E-state index contributed by atoms with van der Waals surface area (Å²) in [6, 6.07) is 4.55. The molecule has 146 valence electrons. The number of carbonyl (C=O) groups is 1. The van der Waals surface area contributed by atoms with E-state index in [2.05, 4.69) is 10.3 Å². The molecule has 0 amide bonds. The number of phenols is 1. The van der Waals surface area contributed by atoms with Crippen LogP contribution in [-0.2, 0) is 4.79 Å². The molecule has 0 saturated heterocycles. The number of carboxylic acid groups (broad SMARTS) is 1. The van der Waals surface area contributed by atoms with Crippen LogP contribution < -0.4 is 10.1 Å². The number of nitrogens with one attached hydrogen (secondary N) is 1. The molecule has 1 aromatic carbocycles. The summed E-state index contributed by atoms with van der Waals surface area (Å²) in [5.41, 5.74) is 0.642. The van der Waals surface area contributed by atoms with E-state index in [1.165, 1.54) is 19.1 Å². The molecular formula is C18H19Cl2FN2O4. The summed E-state index contributed by atoms with van der Waals surface area (Å²) in [6.07, 6.45) is 0. The summed E-state index contributed by atoms with van der Waals surface area (Å²) in [5, 5.41) is 21.0. The lowest BCUT2D eigenvalue weighted by atomic mass is 10.0. The van der Waals surface area contributed by atoms with Crippen LogP contribution in [0, 0.1) is 11.9 Å². The van der Waals surface area contributed by atoms with E-state index in [0.29, 0.717) is 11.3 Å². The van der Waals surface area contributed by atoms with Crippen molar-refractivity contribution in [3.63, 3.8) is 0 Å². The summed E-state index contributed by atoms with van der Waals surface area (Å²) >= 11 is 12.2. The average molecular weight is 417 g/mol. The summed E-state index contributed by atoms with van der Waals surface area (Å²) in [6.45, 7) is 5.27. The molecule has 6 nitrogen and oxygen atoms in total. The van der Waals surface area contributed by atoms with Crippen LogP contribution in [0.3, 0.4) is 0 Å². The highest BCUT2D eigenvalue weighted by molar-refractivity contribution is 6.38. The molecule has 0 aliphatic rings. The molecule has 27 heavy (non-hydrogen) atoms. The van der Waals surface area contributed by atoms with Gasteiger partial charge < -0.3 is 20.3 Å². The molecule has 0 aliphatic heterocycles. The number of phenolic OH excluding ortho intramolecular Hbond substituents is 1. The van der Waals surface area contributed by atoms with Gasteiger partial charge in [0.25, 0.3) is 0 Å². The first-order valence-corrected chi connectivity index (χ1v) is 8.89. The number of carboxylic acids is 1. The minimum absolute atomic E-state index is 0.0146. The monoisotopic (exact) mass is 416 g/mol. The van der Waals surface area contributed by atoms with Crippen LogP contribution in [-0.4, -0.2) is 27.7 Å². The quantitative estimate of drug-likeness (QED) is 0.531. The predicted octanol–water partition coefficient (Wildman–Crippen LogP) is 5.28. The fourth-order valence-corrected chi connectivity index (χ4v) is 2.68. The number of aromatic hydroxyl groups is 1. The van der Waals surface area contributed by atoms with Crippen molar-refractivity contribution in [1.29, 1.82) is 0 Å². The number of ether oxygens (including phenoxy) is 1. The van der Waals surface area contributed by atoms with Gasteiger partial charge >= 0.3 is 5.97 Å². The molecule has 2 aromatic rings. The number of hydrogen-bond donors (Lipinski definition) is 3. The van der Waals surface area contributed by atoms with E-state index in [1.54, 1.807) is 6.07 Å². The van der Waals surface area contributed by atoms with Crippen molar-refractivity contribution < 1.29 is 24.1 Å². The van der Waals surface area contributed by atoms with Crippen molar-refractivity contribution in [1.82, 2.24) is 4.98 Å². The Morgan fingerprint density at radius 2 is 1.96 bits per heavy atom. The Bertz CT molecular complexity index is 862. The van der Waals surface area contributed by atoms with Crippen LogP contribution >= 0.6 is 23.2 Å². The Morgan fingerprint density at radius 3 is 2.56 bits per heavy atom. The lowest BCUT2D eigenvalue weighted by Crippen LogP contribution is -2.20. The third kappa shape index (κ3) is 4.93. The number of rotatable bonds is 7. The van der Waals surface area contributed by atoms with Gasteiger partial charge in [-0.3, -0.25) is 4.79 Å². The first kappa shape index (κ1) is 21.1. The number of nitrogens with zero attached hydrogens (tertiary/aromatic N) is 1. The summed E-state index contributed by atoms with van der Waals surface area (Å²) < 4.78 is 19.7. The molecule has 2 rings (SSSR count). The minimum atomic E-state index is -1.02. The zero-order valence-corrected chi connectivity index (χ0v) is 16.4. The van der Waals surface area contributed by atoms with Gasteiger partial charge in [0.05, 0.1) is 5.92 Å². The predicted molar refractivity (Wildman–Crippen MR) is 102 cm³/mol.